The summed E-state index contributed by atoms with van der Waals surface area (Å²) in [6, 6.07) is 0. The molecule has 0 aromatic carbocycles. The van der Waals surface area contributed by atoms with E-state index in [2.05, 4.69) is 44.8 Å². The van der Waals surface area contributed by atoms with Gasteiger partial charge in [-0.3, -0.25) is 0 Å². The van der Waals surface area contributed by atoms with Crippen molar-refractivity contribution < 1.29 is 0 Å². The predicted molar refractivity (Wildman–Crippen MR) is 69.9 cm³/mol. The fourth-order valence-corrected chi connectivity index (χ4v) is 1.35. The molecule has 1 nitrogen and oxygen atoms in total. The summed E-state index contributed by atoms with van der Waals surface area (Å²) in [4.78, 5) is 0. The van der Waals surface area contributed by atoms with Crippen LogP contribution in [0.15, 0.2) is 24.4 Å². The summed E-state index contributed by atoms with van der Waals surface area (Å²) in [5.74, 6) is 0.605. The Bertz CT molecular complexity index is 180. The molecular formula is C14H27N. The lowest BCUT2D eigenvalue weighted by atomic mass is 10.1. The van der Waals surface area contributed by atoms with E-state index in [-0.39, 0.29) is 0 Å². The Labute approximate surface area is 95.7 Å². The Morgan fingerprint density at radius 3 is 2.47 bits per heavy atom. The first-order valence-electron chi connectivity index (χ1n) is 6.27. The number of nitrogens with one attached hydrogen (secondary N) is 1. The third-order valence-electron chi connectivity index (χ3n) is 2.31. The maximum absolute atomic E-state index is 3.96. The Balaban J connectivity index is 3.31. The molecule has 88 valence electrons. The van der Waals surface area contributed by atoms with Gasteiger partial charge in [0.05, 0.1) is 0 Å². The van der Waals surface area contributed by atoms with E-state index in [1.807, 2.05) is 0 Å². The van der Waals surface area contributed by atoms with Crippen LogP contribution < -0.4 is 5.32 Å². The molecule has 0 aromatic heterocycles. The molecule has 0 atom stereocenters. The number of unbranched alkanes of at least 4 members (excludes halogenated alkanes) is 4. The summed E-state index contributed by atoms with van der Waals surface area (Å²) in [6.07, 6.45) is 10.9. The molecule has 0 aliphatic rings. The second-order valence-corrected chi connectivity index (χ2v) is 4.47. The lowest BCUT2D eigenvalue weighted by Gasteiger charge is -2.05. The van der Waals surface area contributed by atoms with Gasteiger partial charge in [0, 0.05) is 12.2 Å². The van der Waals surface area contributed by atoms with Crippen LogP contribution in [-0.2, 0) is 0 Å². The quantitative estimate of drug-likeness (QED) is 0.441. The summed E-state index contributed by atoms with van der Waals surface area (Å²) in [5, 5.41) is 3.33. The maximum Gasteiger partial charge on any atom is 0.0263 e. The monoisotopic (exact) mass is 209 g/mol. The van der Waals surface area contributed by atoms with Crippen LogP contribution in [0.3, 0.4) is 0 Å². The van der Waals surface area contributed by atoms with E-state index >= 15 is 0 Å². The largest absolute Gasteiger partial charge is 0.386 e. The topological polar surface area (TPSA) is 12.0 Å². The van der Waals surface area contributed by atoms with Crippen LogP contribution in [0.2, 0.25) is 0 Å². The van der Waals surface area contributed by atoms with Crippen molar-refractivity contribution >= 4 is 0 Å². The molecule has 1 heteroatoms. The molecule has 0 radical (unpaired) electrons. The second kappa shape index (κ2) is 9.82. The molecule has 0 heterocycles. The van der Waals surface area contributed by atoms with Gasteiger partial charge >= 0.3 is 0 Å². The Kier molecular flexibility index (Phi) is 9.35. The van der Waals surface area contributed by atoms with Gasteiger partial charge < -0.3 is 5.32 Å². The fraction of sp³-hybridized carbons (Fsp3) is 0.714. The predicted octanol–water partition coefficient (Wildman–Crippen LogP) is 4.27. The van der Waals surface area contributed by atoms with Gasteiger partial charge in [-0.2, -0.15) is 0 Å². The number of rotatable bonds is 9. The molecule has 0 spiro atoms. The maximum atomic E-state index is 3.96. The van der Waals surface area contributed by atoms with Crippen molar-refractivity contribution in [3.8, 4) is 0 Å². The third kappa shape index (κ3) is 11.2. The highest BCUT2D eigenvalue weighted by molar-refractivity contribution is 5.12. The van der Waals surface area contributed by atoms with E-state index in [0.717, 1.165) is 12.2 Å². The van der Waals surface area contributed by atoms with Crippen molar-refractivity contribution in [3.05, 3.63) is 24.4 Å². The first-order valence-corrected chi connectivity index (χ1v) is 6.27. The highest BCUT2D eigenvalue weighted by Gasteiger charge is 1.90. The van der Waals surface area contributed by atoms with Crippen LogP contribution in [0.25, 0.3) is 0 Å². The summed E-state index contributed by atoms with van der Waals surface area (Å²) in [5.41, 5.74) is 1.04. The van der Waals surface area contributed by atoms with Crippen LogP contribution in [0.5, 0.6) is 0 Å². The Hall–Kier alpha value is -0.720. The minimum atomic E-state index is 0.605. The standard InChI is InChI=1S/C14H27N/c1-5-6-7-8-9-12-15-14(4)11-10-13(2)3/h10-11,13,15H,4-9,12H2,1-3H3/b11-10+. The minimum absolute atomic E-state index is 0.605. The lowest BCUT2D eigenvalue weighted by Crippen LogP contribution is -2.12. The zero-order chi connectivity index (χ0) is 11.5. The normalized spacial score (nSPS) is 11.2. The zero-order valence-electron chi connectivity index (χ0n) is 10.7. The summed E-state index contributed by atoms with van der Waals surface area (Å²) in [6.45, 7) is 11.6. The van der Waals surface area contributed by atoms with Crippen molar-refractivity contribution in [2.75, 3.05) is 6.54 Å². The zero-order valence-corrected chi connectivity index (χ0v) is 10.7. The Morgan fingerprint density at radius 1 is 1.20 bits per heavy atom. The average molecular weight is 209 g/mol. The first-order chi connectivity index (χ1) is 7.16. The van der Waals surface area contributed by atoms with Crippen LogP contribution in [-0.4, -0.2) is 6.54 Å². The van der Waals surface area contributed by atoms with Gasteiger partial charge in [0.25, 0.3) is 0 Å². The van der Waals surface area contributed by atoms with Crippen LogP contribution in [0.4, 0.5) is 0 Å². The molecule has 0 rings (SSSR count). The first kappa shape index (κ1) is 14.3. The van der Waals surface area contributed by atoms with E-state index in [4.69, 9.17) is 0 Å². The molecule has 0 bridgehead atoms. The van der Waals surface area contributed by atoms with Crippen LogP contribution >= 0.6 is 0 Å². The van der Waals surface area contributed by atoms with E-state index in [1.54, 1.807) is 0 Å². The molecule has 0 fully saturated rings. The molecule has 1 N–H and O–H groups in total. The van der Waals surface area contributed by atoms with Crippen molar-refractivity contribution in [1.29, 1.82) is 0 Å². The van der Waals surface area contributed by atoms with E-state index < -0.39 is 0 Å². The van der Waals surface area contributed by atoms with Gasteiger partial charge in [0.1, 0.15) is 0 Å². The van der Waals surface area contributed by atoms with Gasteiger partial charge in [-0.15, -0.1) is 0 Å². The molecule has 15 heavy (non-hydrogen) atoms. The summed E-state index contributed by atoms with van der Waals surface area (Å²) < 4.78 is 0. The SMILES string of the molecule is C=C(/C=C/C(C)C)NCCCCCCC. The van der Waals surface area contributed by atoms with E-state index in [9.17, 15) is 0 Å². The number of hydrogen-bond donors (Lipinski definition) is 1. The lowest BCUT2D eigenvalue weighted by molar-refractivity contribution is 0.614. The highest BCUT2D eigenvalue weighted by atomic mass is 14.9. The molecule has 0 unspecified atom stereocenters. The van der Waals surface area contributed by atoms with E-state index in [0.29, 0.717) is 5.92 Å². The second-order valence-electron chi connectivity index (χ2n) is 4.47. The minimum Gasteiger partial charge on any atom is -0.386 e. The summed E-state index contributed by atoms with van der Waals surface area (Å²) >= 11 is 0. The van der Waals surface area contributed by atoms with Crippen molar-refractivity contribution in [2.45, 2.75) is 52.9 Å². The highest BCUT2D eigenvalue weighted by Crippen LogP contribution is 2.02. The fourth-order valence-electron chi connectivity index (χ4n) is 1.35. The molecule has 0 saturated carbocycles. The summed E-state index contributed by atoms with van der Waals surface area (Å²) in [7, 11) is 0. The Morgan fingerprint density at radius 2 is 1.87 bits per heavy atom. The van der Waals surface area contributed by atoms with Gasteiger partial charge in [-0.25, -0.2) is 0 Å². The van der Waals surface area contributed by atoms with Crippen molar-refractivity contribution in [3.63, 3.8) is 0 Å². The molecule has 0 aromatic rings. The molecule has 0 saturated heterocycles. The molecule has 0 aliphatic heterocycles. The molecule has 0 amide bonds. The molecule has 0 aliphatic carbocycles. The van der Waals surface area contributed by atoms with Gasteiger partial charge in [0.2, 0.25) is 0 Å². The van der Waals surface area contributed by atoms with Crippen molar-refractivity contribution in [1.82, 2.24) is 5.32 Å². The smallest absolute Gasteiger partial charge is 0.0263 e. The molecular weight excluding hydrogens is 182 g/mol. The van der Waals surface area contributed by atoms with Crippen LogP contribution in [0, 0.1) is 5.92 Å². The number of hydrogen-bond acceptors (Lipinski definition) is 1. The van der Waals surface area contributed by atoms with Gasteiger partial charge in [0.15, 0.2) is 0 Å². The number of allylic oxidation sites excluding steroid dienone is 2. The van der Waals surface area contributed by atoms with Gasteiger partial charge in [-0.05, 0) is 18.4 Å². The van der Waals surface area contributed by atoms with E-state index in [1.165, 1.54) is 32.1 Å². The third-order valence-corrected chi connectivity index (χ3v) is 2.31. The van der Waals surface area contributed by atoms with Crippen LogP contribution in [0.1, 0.15) is 52.9 Å². The van der Waals surface area contributed by atoms with Crippen molar-refractivity contribution in [2.24, 2.45) is 5.92 Å². The van der Waals surface area contributed by atoms with Gasteiger partial charge in [-0.1, -0.05) is 59.1 Å². The average Bonchev–Trinajstić information content (AvgIpc) is 2.20.